The molecule has 1 aliphatic heterocycles. The van der Waals surface area contributed by atoms with E-state index in [1.165, 1.54) is 25.1 Å². The number of hydrogen-bond acceptors (Lipinski definition) is 6. The van der Waals surface area contributed by atoms with Crippen molar-refractivity contribution in [2.75, 3.05) is 5.32 Å². The van der Waals surface area contributed by atoms with Crippen LogP contribution < -0.4 is 16.4 Å². The van der Waals surface area contributed by atoms with Crippen LogP contribution in [0.15, 0.2) is 42.5 Å². The van der Waals surface area contributed by atoms with E-state index in [1.54, 1.807) is 12.1 Å². The Labute approximate surface area is 187 Å². The minimum Gasteiger partial charge on any atom is -0.480 e. The van der Waals surface area contributed by atoms with Gasteiger partial charge >= 0.3 is 5.97 Å². The number of nitrogens with zero attached hydrogens (tertiary/aromatic N) is 2. The quantitative estimate of drug-likeness (QED) is 0.459. The maximum absolute atomic E-state index is 14.3. The molecular formula is C21H18ClF2N5O3. The fraction of sp³-hybridized carbons (Fsp3) is 0.143. The van der Waals surface area contributed by atoms with Crippen LogP contribution in [-0.2, 0) is 16.9 Å². The highest BCUT2D eigenvalue weighted by Crippen LogP contribution is 2.31. The van der Waals surface area contributed by atoms with E-state index in [9.17, 15) is 23.5 Å². The van der Waals surface area contributed by atoms with Gasteiger partial charge in [0.2, 0.25) is 0 Å². The van der Waals surface area contributed by atoms with Gasteiger partial charge in [0, 0.05) is 5.69 Å². The molecule has 0 saturated carbocycles. The molecule has 8 nitrogen and oxygen atoms in total. The standard InChI is InChI=1S/C21H17F2N5O3.ClH/c1-21(24,20(30)31)10-5-7-11(8-6-10)26-18-16-14(9-25-19(16)29)27-17(28-18)15-12(22)3-2-4-13(15)23;/h2-8H,9,24H2,1H3,(H,25,29)(H,30,31)(H,26,27,28);1H/t21-;/m0./s1. The summed E-state index contributed by atoms with van der Waals surface area (Å²) in [5.41, 5.74) is 5.14. The first kappa shape index (κ1) is 23.0. The fourth-order valence-corrected chi connectivity index (χ4v) is 3.20. The largest absolute Gasteiger partial charge is 0.480 e. The van der Waals surface area contributed by atoms with Gasteiger partial charge in [-0.1, -0.05) is 18.2 Å². The number of hydrogen-bond donors (Lipinski definition) is 4. The second-order valence-corrected chi connectivity index (χ2v) is 7.21. The van der Waals surface area contributed by atoms with Crippen LogP contribution in [-0.4, -0.2) is 27.0 Å². The molecule has 0 spiro atoms. The van der Waals surface area contributed by atoms with Gasteiger partial charge in [-0.2, -0.15) is 0 Å². The number of carbonyl (C=O) groups excluding carboxylic acids is 1. The van der Waals surface area contributed by atoms with Crippen molar-refractivity contribution in [1.29, 1.82) is 0 Å². The summed E-state index contributed by atoms with van der Waals surface area (Å²) in [7, 11) is 0. The van der Waals surface area contributed by atoms with Gasteiger partial charge in [0.15, 0.2) is 5.82 Å². The lowest BCUT2D eigenvalue weighted by molar-refractivity contribution is -0.143. The Morgan fingerprint density at radius 2 is 1.75 bits per heavy atom. The lowest BCUT2D eigenvalue weighted by Crippen LogP contribution is -2.41. The molecule has 0 fully saturated rings. The lowest BCUT2D eigenvalue weighted by atomic mass is 9.93. The van der Waals surface area contributed by atoms with Gasteiger partial charge in [-0.05, 0) is 36.8 Å². The van der Waals surface area contributed by atoms with Crippen molar-refractivity contribution >= 4 is 35.8 Å². The molecule has 0 aliphatic carbocycles. The Morgan fingerprint density at radius 1 is 1.12 bits per heavy atom. The highest BCUT2D eigenvalue weighted by Gasteiger charge is 2.31. The van der Waals surface area contributed by atoms with Crippen LogP contribution in [0.4, 0.5) is 20.3 Å². The molecule has 1 atom stereocenters. The zero-order chi connectivity index (χ0) is 22.3. The predicted octanol–water partition coefficient (Wildman–Crippen LogP) is 3.09. The van der Waals surface area contributed by atoms with Crippen LogP contribution in [0.5, 0.6) is 0 Å². The number of aliphatic carboxylic acids is 1. The molecule has 2 aromatic carbocycles. The van der Waals surface area contributed by atoms with E-state index in [2.05, 4.69) is 20.6 Å². The van der Waals surface area contributed by atoms with Crippen LogP contribution in [0.2, 0.25) is 0 Å². The van der Waals surface area contributed by atoms with Gasteiger partial charge in [-0.25, -0.2) is 23.5 Å². The molecule has 0 radical (unpaired) electrons. The van der Waals surface area contributed by atoms with Crippen LogP contribution in [0.3, 0.4) is 0 Å². The zero-order valence-corrected chi connectivity index (χ0v) is 17.5. The van der Waals surface area contributed by atoms with Crippen molar-refractivity contribution in [3.63, 3.8) is 0 Å². The van der Waals surface area contributed by atoms with Crippen molar-refractivity contribution < 1.29 is 23.5 Å². The Bertz CT molecular complexity index is 1200. The highest BCUT2D eigenvalue weighted by molar-refractivity contribution is 6.03. The van der Waals surface area contributed by atoms with Crippen molar-refractivity contribution in [3.05, 3.63) is 70.9 Å². The second-order valence-electron chi connectivity index (χ2n) is 7.21. The number of nitrogens with one attached hydrogen (secondary N) is 2. The Hall–Kier alpha value is -3.63. The van der Waals surface area contributed by atoms with Crippen LogP contribution >= 0.6 is 12.4 Å². The van der Waals surface area contributed by atoms with Crippen LogP contribution in [0, 0.1) is 11.6 Å². The molecule has 1 aromatic heterocycles. The second kappa shape index (κ2) is 8.48. The molecule has 1 aliphatic rings. The molecule has 4 rings (SSSR count). The SMILES string of the molecule is C[C@@](N)(C(=O)O)c1ccc(Nc2nc(-c3c(F)cccc3F)nc3c2C(=O)NC3)cc1.Cl. The summed E-state index contributed by atoms with van der Waals surface area (Å²) in [6.07, 6.45) is 0. The minimum atomic E-state index is -1.58. The molecule has 0 saturated heterocycles. The van der Waals surface area contributed by atoms with Gasteiger partial charge in [-0.3, -0.25) is 4.79 Å². The van der Waals surface area contributed by atoms with E-state index in [0.29, 0.717) is 16.9 Å². The number of anilines is 2. The molecule has 3 aromatic rings. The molecule has 5 N–H and O–H groups in total. The first-order chi connectivity index (χ1) is 14.7. The third kappa shape index (κ3) is 3.97. The zero-order valence-electron chi connectivity index (χ0n) is 16.6. The monoisotopic (exact) mass is 461 g/mol. The summed E-state index contributed by atoms with van der Waals surface area (Å²) in [5.74, 6) is -3.40. The maximum atomic E-state index is 14.3. The van der Waals surface area contributed by atoms with Crippen LogP contribution in [0.1, 0.15) is 28.5 Å². The van der Waals surface area contributed by atoms with Gasteiger partial charge in [0.05, 0.1) is 17.8 Å². The average Bonchev–Trinajstić information content (AvgIpc) is 3.09. The molecule has 2 heterocycles. The van der Waals surface area contributed by atoms with Gasteiger partial charge in [0.1, 0.15) is 28.6 Å². The summed E-state index contributed by atoms with van der Waals surface area (Å²) in [4.78, 5) is 32.0. The highest BCUT2D eigenvalue weighted by atomic mass is 35.5. The molecular weight excluding hydrogens is 444 g/mol. The Morgan fingerprint density at radius 3 is 2.34 bits per heavy atom. The van der Waals surface area contributed by atoms with E-state index in [1.807, 2.05) is 0 Å². The fourth-order valence-electron chi connectivity index (χ4n) is 3.20. The molecule has 0 bridgehead atoms. The van der Waals surface area contributed by atoms with Gasteiger partial charge < -0.3 is 21.5 Å². The molecule has 32 heavy (non-hydrogen) atoms. The summed E-state index contributed by atoms with van der Waals surface area (Å²) >= 11 is 0. The van der Waals surface area contributed by atoms with E-state index in [4.69, 9.17) is 5.73 Å². The third-order valence-electron chi connectivity index (χ3n) is 5.01. The molecule has 166 valence electrons. The number of aromatic nitrogens is 2. The molecule has 11 heteroatoms. The number of fused-ring (bicyclic) bond motifs is 1. The summed E-state index contributed by atoms with van der Waals surface area (Å²) in [6, 6.07) is 9.59. The Kier molecular flexibility index (Phi) is 6.11. The first-order valence-electron chi connectivity index (χ1n) is 9.22. The summed E-state index contributed by atoms with van der Waals surface area (Å²) < 4.78 is 28.5. The maximum Gasteiger partial charge on any atom is 0.328 e. The van der Waals surface area contributed by atoms with Crippen molar-refractivity contribution in [2.45, 2.75) is 19.0 Å². The van der Waals surface area contributed by atoms with E-state index < -0.39 is 34.6 Å². The predicted molar refractivity (Wildman–Crippen MR) is 115 cm³/mol. The summed E-state index contributed by atoms with van der Waals surface area (Å²) in [6.45, 7) is 1.46. The number of halogens is 3. The van der Waals surface area contributed by atoms with Crippen molar-refractivity contribution in [1.82, 2.24) is 15.3 Å². The number of carbonyl (C=O) groups is 2. The van der Waals surface area contributed by atoms with Gasteiger partial charge in [0.25, 0.3) is 5.91 Å². The smallest absolute Gasteiger partial charge is 0.328 e. The number of rotatable bonds is 5. The number of benzene rings is 2. The van der Waals surface area contributed by atoms with E-state index in [0.717, 1.165) is 12.1 Å². The van der Waals surface area contributed by atoms with Gasteiger partial charge in [-0.15, -0.1) is 12.4 Å². The van der Waals surface area contributed by atoms with E-state index in [-0.39, 0.29) is 36.2 Å². The Balaban J connectivity index is 0.00000289. The average molecular weight is 462 g/mol. The third-order valence-corrected chi connectivity index (χ3v) is 5.01. The number of carboxylic acids is 1. The molecule has 0 unspecified atom stereocenters. The lowest BCUT2D eigenvalue weighted by Gasteiger charge is -2.20. The number of amides is 1. The topological polar surface area (TPSA) is 130 Å². The van der Waals surface area contributed by atoms with Crippen molar-refractivity contribution in [3.8, 4) is 11.4 Å². The normalized spacial score (nSPS) is 14.1. The van der Waals surface area contributed by atoms with Crippen LogP contribution in [0.25, 0.3) is 11.4 Å². The molecule has 1 amide bonds. The van der Waals surface area contributed by atoms with Crippen molar-refractivity contribution in [2.24, 2.45) is 5.73 Å². The number of carboxylic acid groups (broad SMARTS) is 1. The minimum absolute atomic E-state index is 0. The van der Waals surface area contributed by atoms with E-state index >= 15 is 0 Å². The summed E-state index contributed by atoms with van der Waals surface area (Å²) in [5, 5.41) is 14.8. The first-order valence-corrected chi connectivity index (χ1v) is 9.22. The number of nitrogens with two attached hydrogens (primary N) is 1.